The number of likely N-dealkylation sites (tertiary alicyclic amines) is 1. The molecule has 0 radical (unpaired) electrons. The maximum absolute atomic E-state index is 12.6. The van der Waals surface area contributed by atoms with E-state index in [1.165, 1.54) is 6.20 Å². The lowest BCUT2D eigenvalue weighted by atomic mass is 10.2. The van der Waals surface area contributed by atoms with Gasteiger partial charge in [0.25, 0.3) is 5.91 Å². The molecule has 7 heteroatoms. The maximum atomic E-state index is 12.6. The molecule has 2 aromatic heterocycles. The Balaban J connectivity index is 1.56. The molecule has 1 unspecified atom stereocenters. The molecule has 1 aliphatic heterocycles. The second kappa shape index (κ2) is 5.35. The van der Waals surface area contributed by atoms with Crippen LogP contribution in [0.3, 0.4) is 0 Å². The smallest absolute Gasteiger partial charge is 0.273 e. The van der Waals surface area contributed by atoms with Crippen molar-refractivity contribution in [2.45, 2.75) is 37.6 Å². The number of carbonyl (C=O) groups is 1. The van der Waals surface area contributed by atoms with Crippen molar-refractivity contribution in [1.29, 1.82) is 0 Å². The summed E-state index contributed by atoms with van der Waals surface area (Å²) in [5.74, 6) is 1.63. The highest BCUT2D eigenvalue weighted by Crippen LogP contribution is 2.40. The van der Waals surface area contributed by atoms with E-state index in [2.05, 4.69) is 15.1 Å². The number of carbonyl (C=O) groups excluding carboxylic acids is 1. The van der Waals surface area contributed by atoms with E-state index < -0.39 is 0 Å². The van der Waals surface area contributed by atoms with Crippen LogP contribution in [0, 0.1) is 0 Å². The summed E-state index contributed by atoms with van der Waals surface area (Å²) in [6.45, 7) is 0.682. The van der Waals surface area contributed by atoms with Crippen LogP contribution in [0.5, 0.6) is 0 Å². The van der Waals surface area contributed by atoms with E-state index in [0.717, 1.165) is 25.7 Å². The number of rotatable bonds is 3. The van der Waals surface area contributed by atoms with Crippen molar-refractivity contribution in [1.82, 2.24) is 20.0 Å². The quantitative estimate of drug-likeness (QED) is 0.870. The Morgan fingerprint density at radius 2 is 2.18 bits per heavy atom. The van der Waals surface area contributed by atoms with Gasteiger partial charge in [-0.3, -0.25) is 4.79 Å². The molecule has 0 N–H and O–H groups in total. The van der Waals surface area contributed by atoms with Crippen molar-refractivity contribution in [3.05, 3.63) is 40.8 Å². The summed E-state index contributed by atoms with van der Waals surface area (Å²) in [7, 11) is 0. The largest absolute Gasteiger partial charge is 0.339 e. The second-order valence-electron chi connectivity index (χ2n) is 5.78. The van der Waals surface area contributed by atoms with Crippen LogP contribution in [0.1, 0.15) is 59.8 Å². The van der Waals surface area contributed by atoms with Crippen LogP contribution >= 0.6 is 11.6 Å². The van der Waals surface area contributed by atoms with Crippen molar-refractivity contribution in [3.63, 3.8) is 0 Å². The van der Waals surface area contributed by atoms with E-state index in [-0.39, 0.29) is 11.9 Å². The van der Waals surface area contributed by atoms with Gasteiger partial charge in [-0.1, -0.05) is 16.8 Å². The maximum Gasteiger partial charge on any atom is 0.273 e. The lowest BCUT2D eigenvalue weighted by Gasteiger charge is -2.21. The zero-order valence-corrected chi connectivity index (χ0v) is 12.7. The average Bonchev–Trinajstić information content (AvgIpc) is 3.08. The number of hydrogen-bond donors (Lipinski definition) is 0. The molecule has 1 saturated carbocycles. The topological polar surface area (TPSA) is 72.1 Å². The molecule has 0 bridgehead atoms. The fourth-order valence-corrected chi connectivity index (χ4v) is 2.92. The van der Waals surface area contributed by atoms with Crippen molar-refractivity contribution >= 4 is 17.5 Å². The van der Waals surface area contributed by atoms with Gasteiger partial charge < -0.3 is 9.42 Å². The van der Waals surface area contributed by atoms with Gasteiger partial charge in [-0.25, -0.2) is 4.98 Å². The number of halogens is 1. The summed E-state index contributed by atoms with van der Waals surface area (Å²) >= 11 is 5.82. The summed E-state index contributed by atoms with van der Waals surface area (Å²) in [6, 6.07) is 3.19. The van der Waals surface area contributed by atoms with Crippen molar-refractivity contribution in [3.8, 4) is 0 Å². The molecule has 2 aliphatic rings. The van der Waals surface area contributed by atoms with Crippen LogP contribution in [-0.4, -0.2) is 32.5 Å². The van der Waals surface area contributed by atoms with Crippen LogP contribution in [0.2, 0.25) is 5.02 Å². The Morgan fingerprint density at radius 3 is 2.91 bits per heavy atom. The van der Waals surface area contributed by atoms with Crippen LogP contribution < -0.4 is 0 Å². The highest BCUT2D eigenvalue weighted by Gasteiger charge is 2.36. The minimum Gasteiger partial charge on any atom is -0.339 e. The average molecular weight is 319 g/mol. The number of nitrogens with zero attached hydrogens (tertiary/aromatic N) is 4. The molecule has 1 amide bonds. The molecule has 0 aromatic carbocycles. The number of aromatic nitrogens is 3. The van der Waals surface area contributed by atoms with E-state index >= 15 is 0 Å². The first-order valence-electron chi connectivity index (χ1n) is 7.48. The van der Waals surface area contributed by atoms with Gasteiger partial charge in [-0.15, -0.1) is 0 Å². The first-order chi connectivity index (χ1) is 10.7. The predicted octanol–water partition coefficient (Wildman–Crippen LogP) is 2.97. The Labute approximate surface area is 132 Å². The second-order valence-corrected chi connectivity index (χ2v) is 6.22. The van der Waals surface area contributed by atoms with Crippen LogP contribution in [0.4, 0.5) is 0 Å². The molecule has 4 rings (SSSR count). The minimum atomic E-state index is -0.124. The summed E-state index contributed by atoms with van der Waals surface area (Å²) in [5, 5.41) is 4.59. The van der Waals surface area contributed by atoms with E-state index in [4.69, 9.17) is 16.1 Å². The van der Waals surface area contributed by atoms with E-state index in [0.29, 0.717) is 34.9 Å². The fraction of sp³-hybridized carbons (Fsp3) is 0.467. The molecule has 3 heterocycles. The Bertz CT molecular complexity index is 696. The van der Waals surface area contributed by atoms with Gasteiger partial charge in [0.15, 0.2) is 5.82 Å². The molecule has 2 fully saturated rings. The van der Waals surface area contributed by atoms with Gasteiger partial charge in [0.05, 0.1) is 11.1 Å². The third-order valence-corrected chi connectivity index (χ3v) is 4.37. The molecular weight excluding hydrogens is 304 g/mol. The molecular formula is C15H15ClN4O2. The van der Waals surface area contributed by atoms with Gasteiger partial charge in [-0.05, 0) is 37.8 Å². The van der Waals surface area contributed by atoms with Crippen molar-refractivity contribution in [2.24, 2.45) is 0 Å². The zero-order valence-electron chi connectivity index (χ0n) is 11.9. The standard InChI is InChI=1S/C15H15ClN4O2/c16-10-5-6-11(17-8-10)15(21)20-7-1-2-12(20)13-18-14(22-19-13)9-3-4-9/h5-6,8-9,12H,1-4,7H2. The van der Waals surface area contributed by atoms with Crippen LogP contribution in [0.25, 0.3) is 0 Å². The minimum absolute atomic E-state index is 0.114. The lowest BCUT2D eigenvalue weighted by molar-refractivity contribution is 0.0722. The van der Waals surface area contributed by atoms with Gasteiger partial charge in [0, 0.05) is 18.7 Å². The summed E-state index contributed by atoms with van der Waals surface area (Å²) in [4.78, 5) is 23.0. The summed E-state index contributed by atoms with van der Waals surface area (Å²) in [5.41, 5.74) is 0.391. The van der Waals surface area contributed by atoms with Gasteiger partial charge in [0.2, 0.25) is 5.89 Å². The monoisotopic (exact) mass is 318 g/mol. The molecule has 6 nitrogen and oxygen atoms in total. The van der Waals surface area contributed by atoms with Gasteiger partial charge in [-0.2, -0.15) is 4.98 Å². The lowest BCUT2D eigenvalue weighted by Crippen LogP contribution is -2.31. The van der Waals surface area contributed by atoms with Gasteiger partial charge >= 0.3 is 0 Å². The van der Waals surface area contributed by atoms with Crippen molar-refractivity contribution in [2.75, 3.05) is 6.54 Å². The number of hydrogen-bond acceptors (Lipinski definition) is 5. The molecule has 114 valence electrons. The van der Waals surface area contributed by atoms with Gasteiger partial charge in [0.1, 0.15) is 5.69 Å². The highest BCUT2D eigenvalue weighted by molar-refractivity contribution is 6.30. The summed E-state index contributed by atoms with van der Waals surface area (Å²) < 4.78 is 5.32. The SMILES string of the molecule is O=C(c1ccc(Cl)cn1)N1CCCC1c1noc(C2CC2)n1. The molecule has 0 spiro atoms. The molecule has 22 heavy (non-hydrogen) atoms. The number of amides is 1. The van der Waals surface area contributed by atoms with E-state index in [9.17, 15) is 4.79 Å². The zero-order chi connectivity index (χ0) is 15.1. The Morgan fingerprint density at radius 1 is 1.32 bits per heavy atom. The highest BCUT2D eigenvalue weighted by atomic mass is 35.5. The number of pyridine rings is 1. The normalized spacial score (nSPS) is 21.3. The van der Waals surface area contributed by atoms with E-state index in [1.54, 1.807) is 17.0 Å². The Hall–Kier alpha value is -1.95. The van der Waals surface area contributed by atoms with Crippen LogP contribution in [-0.2, 0) is 0 Å². The summed E-state index contributed by atoms with van der Waals surface area (Å²) in [6.07, 6.45) is 5.49. The first kappa shape index (κ1) is 13.7. The molecule has 1 atom stereocenters. The third-order valence-electron chi connectivity index (χ3n) is 4.14. The molecule has 1 saturated heterocycles. The predicted molar refractivity (Wildman–Crippen MR) is 78.5 cm³/mol. The third kappa shape index (κ3) is 2.47. The first-order valence-corrected chi connectivity index (χ1v) is 7.86. The molecule has 1 aliphatic carbocycles. The fourth-order valence-electron chi connectivity index (χ4n) is 2.81. The molecule has 2 aromatic rings. The van der Waals surface area contributed by atoms with Crippen molar-refractivity contribution < 1.29 is 9.32 Å². The van der Waals surface area contributed by atoms with E-state index in [1.807, 2.05) is 0 Å². The van der Waals surface area contributed by atoms with Crippen LogP contribution in [0.15, 0.2) is 22.9 Å². The Kier molecular flexibility index (Phi) is 3.33.